The van der Waals surface area contributed by atoms with Crippen LogP contribution in [0, 0.1) is 0 Å². The smallest absolute Gasteiger partial charge is 0.242 e. The van der Waals surface area contributed by atoms with Gasteiger partial charge in [0, 0.05) is 35.1 Å². The molecule has 1 aliphatic heterocycles. The molecule has 1 unspecified atom stereocenters. The van der Waals surface area contributed by atoms with Crippen molar-refractivity contribution < 1.29 is 14.3 Å². The maximum atomic E-state index is 13.1. The first-order chi connectivity index (χ1) is 13.2. The average Bonchev–Trinajstić information content (AvgIpc) is 3.43. The fourth-order valence-corrected chi connectivity index (χ4v) is 4.29. The topological polar surface area (TPSA) is 43.7 Å². The summed E-state index contributed by atoms with van der Waals surface area (Å²) < 4.78 is 13.1. The number of hydrogen-bond donors (Lipinski definition) is 0. The van der Waals surface area contributed by atoms with Crippen molar-refractivity contribution in [3.05, 3.63) is 52.9 Å². The number of hydrogen-bond acceptors (Lipinski definition) is 4. The van der Waals surface area contributed by atoms with Crippen LogP contribution in [0.2, 0.25) is 0 Å². The first-order valence-electron chi connectivity index (χ1n) is 9.27. The highest BCUT2D eigenvalue weighted by molar-refractivity contribution is 7.09. The lowest BCUT2D eigenvalue weighted by atomic mass is 10.2. The standard InChI is InChI=1S/C21H24N2O3S/c1-25-17-6-7-20-16(12-17)8-9-22(20)15-21(24)23(13-18-4-2-10-26-18)14-19-5-3-11-27-19/h3,5-9,11-12,18H,2,4,10,13-15H2,1H3. The van der Waals surface area contributed by atoms with Crippen LogP contribution in [-0.2, 0) is 22.6 Å². The fraction of sp³-hybridized carbons (Fsp3) is 0.381. The molecule has 6 heteroatoms. The number of amides is 1. The largest absolute Gasteiger partial charge is 0.497 e. The molecule has 1 fully saturated rings. The molecule has 5 nitrogen and oxygen atoms in total. The minimum atomic E-state index is 0.118. The highest BCUT2D eigenvalue weighted by Crippen LogP contribution is 2.23. The zero-order valence-corrected chi connectivity index (χ0v) is 16.3. The molecule has 4 rings (SSSR count). The maximum absolute atomic E-state index is 13.1. The van der Waals surface area contributed by atoms with E-state index in [-0.39, 0.29) is 12.0 Å². The van der Waals surface area contributed by atoms with Crippen molar-refractivity contribution in [2.75, 3.05) is 20.3 Å². The zero-order chi connectivity index (χ0) is 18.6. The zero-order valence-electron chi connectivity index (χ0n) is 15.5. The molecular weight excluding hydrogens is 360 g/mol. The number of carbonyl (C=O) groups is 1. The van der Waals surface area contributed by atoms with Crippen molar-refractivity contribution in [3.8, 4) is 5.75 Å². The summed E-state index contributed by atoms with van der Waals surface area (Å²) in [7, 11) is 1.66. The Morgan fingerprint density at radius 1 is 1.37 bits per heavy atom. The van der Waals surface area contributed by atoms with Gasteiger partial charge in [-0.05, 0) is 48.6 Å². The summed E-state index contributed by atoms with van der Waals surface area (Å²) in [6.45, 7) is 2.43. The van der Waals surface area contributed by atoms with Crippen molar-refractivity contribution in [1.29, 1.82) is 0 Å². The number of aromatic nitrogens is 1. The lowest BCUT2D eigenvalue weighted by Gasteiger charge is -2.25. The second-order valence-corrected chi connectivity index (χ2v) is 7.89. The Morgan fingerprint density at radius 3 is 3.04 bits per heavy atom. The quantitative estimate of drug-likeness (QED) is 0.620. The molecule has 2 aromatic heterocycles. The van der Waals surface area contributed by atoms with Gasteiger partial charge in [-0.2, -0.15) is 0 Å². The number of fused-ring (bicyclic) bond motifs is 1. The van der Waals surface area contributed by atoms with Gasteiger partial charge in [-0.3, -0.25) is 4.79 Å². The van der Waals surface area contributed by atoms with E-state index in [1.54, 1.807) is 18.4 Å². The molecule has 1 aliphatic rings. The Hall–Kier alpha value is -2.31. The van der Waals surface area contributed by atoms with Gasteiger partial charge in [0.2, 0.25) is 5.91 Å². The highest BCUT2D eigenvalue weighted by Gasteiger charge is 2.23. The summed E-state index contributed by atoms with van der Waals surface area (Å²) in [6, 6.07) is 12.1. The number of methoxy groups -OCH3 is 1. The number of rotatable bonds is 7. The van der Waals surface area contributed by atoms with Gasteiger partial charge in [0.1, 0.15) is 12.3 Å². The fourth-order valence-electron chi connectivity index (χ4n) is 3.57. The molecule has 0 spiro atoms. The molecule has 1 amide bonds. The van der Waals surface area contributed by atoms with E-state index in [0.717, 1.165) is 36.1 Å². The molecular formula is C21H24N2O3S. The molecule has 1 atom stereocenters. The predicted molar refractivity (Wildman–Crippen MR) is 107 cm³/mol. The van der Waals surface area contributed by atoms with E-state index in [1.165, 1.54) is 4.88 Å². The molecule has 3 aromatic rings. The normalized spacial score (nSPS) is 16.7. The molecule has 0 bridgehead atoms. The van der Waals surface area contributed by atoms with Gasteiger partial charge in [-0.15, -0.1) is 11.3 Å². The van der Waals surface area contributed by atoms with Gasteiger partial charge in [-0.1, -0.05) is 6.07 Å². The number of ether oxygens (including phenoxy) is 2. The van der Waals surface area contributed by atoms with Crippen LogP contribution in [0.25, 0.3) is 10.9 Å². The van der Waals surface area contributed by atoms with E-state index < -0.39 is 0 Å². The highest BCUT2D eigenvalue weighted by atomic mass is 32.1. The average molecular weight is 385 g/mol. The van der Waals surface area contributed by atoms with Crippen LogP contribution in [0.15, 0.2) is 48.0 Å². The van der Waals surface area contributed by atoms with Crippen LogP contribution in [0.3, 0.4) is 0 Å². The summed E-state index contributed by atoms with van der Waals surface area (Å²) >= 11 is 1.69. The molecule has 3 heterocycles. The van der Waals surface area contributed by atoms with E-state index in [2.05, 4.69) is 11.4 Å². The second-order valence-electron chi connectivity index (χ2n) is 6.86. The third-order valence-corrected chi connectivity index (χ3v) is 5.87. The number of carbonyl (C=O) groups excluding carboxylic acids is 1. The molecule has 0 aliphatic carbocycles. The van der Waals surface area contributed by atoms with Crippen LogP contribution in [0.5, 0.6) is 5.75 Å². The molecule has 27 heavy (non-hydrogen) atoms. The van der Waals surface area contributed by atoms with E-state index in [0.29, 0.717) is 19.6 Å². The van der Waals surface area contributed by atoms with Gasteiger partial charge in [-0.25, -0.2) is 0 Å². The Bertz CT molecular complexity index is 897. The van der Waals surface area contributed by atoms with Crippen LogP contribution in [-0.4, -0.2) is 41.7 Å². The Labute approximate surface area is 163 Å². The van der Waals surface area contributed by atoms with Gasteiger partial charge in [0.05, 0.1) is 19.8 Å². The van der Waals surface area contributed by atoms with Crippen LogP contribution >= 0.6 is 11.3 Å². The first kappa shape index (κ1) is 18.1. The minimum Gasteiger partial charge on any atom is -0.497 e. The molecule has 0 radical (unpaired) electrons. The molecule has 1 aromatic carbocycles. The van der Waals surface area contributed by atoms with Crippen molar-refractivity contribution in [2.45, 2.75) is 32.0 Å². The first-order valence-corrected chi connectivity index (χ1v) is 10.2. The molecule has 0 N–H and O–H groups in total. The Balaban J connectivity index is 1.51. The Morgan fingerprint density at radius 2 is 2.30 bits per heavy atom. The number of thiophene rings is 1. The van der Waals surface area contributed by atoms with E-state index in [4.69, 9.17) is 9.47 Å². The maximum Gasteiger partial charge on any atom is 0.242 e. The molecule has 1 saturated heterocycles. The van der Waals surface area contributed by atoms with E-state index in [1.807, 2.05) is 46.0 Å². The molecule has 0 saturated carbocycles. The summed E-state index contributed by atoms with van der Waals surface area (Å²) in [6.07, 6.45) is 4.23. The summed E-state index contributed by atoms with van der Waals surface area (Å²) in [4.78, 5) is 16.3. The summed E-state index contributed by atoms with van der Waals surface area (Å²) in [5.74, 6) is 0.941. The van der Waals surface area contributed by atoms with Crippen molar-refractivity contribution >= 4 is 28.1 Å². The van der Waals surface area contributed by atoms with Crippen molar-refractivity contribution in [3.63, 3.8) is 0 Å². The molecule has 142 valence electrons. The van der Waals surface area contributed by atoms with Gasteiger partial charge in [0.25, 0.3) is 0 Å². The van der Waals surface area contributed by atoms with Crippen LogP contribution in [0.4, 0.5) is 0 Å². The predicted octanol–water partition coefficient (Wildman–Crippen LogP) is 3.92. The Kier molecular flexibility index (Phi) is 5.45. The second kappa shape index (κ2) is 8.15. The summed E-state index contributed by atoms with van der Waals surface area (Å²) in [5.41, 5.74) is 1.04. The lowest BCUT2D eigenvalue weighted by Crippen LogP contribution is -2.38. The summed E-state index contributed by atoms with van der Waals surface area (Å²) in [5, 5.41) is 3.13. The third kappa shape index (κ3) is 4.17. The number of nitrogens with zero attached hydrogens (tertiary/aromatic N) is 2. The van der Waals surface area contributed by atoms with Gasteiger partial charge < -0.3 is 18.9 Å². The van der Waals surface area contributed by atoms with Crippen LogP contribution < -0.4 is 4.74 Å². The third-order valence-electron chi connectivity index (χ3n) is 5.01. The number of benzene rings is 1. The van der Waals surface area contributed by atoms with E-state index >= 15 is 0 Å². The van der Waals surface area contributed by atoms with Gasteiger partial charge >= 0.3 is 0 Å². The van der Waals surface area contributed by atoms with E-state index in [9.17, 15) is 4.79 Å². The minimum absolute atomic E-state index is 0.118. The van der Waals surface area contributed by atoms with Crippen LogP contribution in [0.1, 0.15) is 17.7 Å². The van der Waals surface area contributed by atoms with Crippen molar-refractivity contribution in [2.24, 2.45) is 0 Å². The lowest BCUT2D eigenvalue weighted by molar-refractivity contribution is -0.134. The SMILES string of the molecule is COc1ccc2c(ccn2CC(=O)N(Cc2cccs2)CC2CCCO2)c1. The van der Waals surface area contributed by atoms with Gasteiger partial charge in [0.15, 0.2) is 0 Å². The van der Waals surface area contributed by atoms with Crippen molar-refractivity contribution in [1.82, 2.24) is 9.47 Å². The monoisotopic (exact) mass is 384 g/mol.